The zero-order valence-electron chi connectivity index (χ0n) is 26.7. The van der Waals surface area contributed by atoms with Gasteiger partial charge in [-0.05, 0) is 39.6 Å². The number of hydrogen-bond acceptors (Lipinski definition) is 13. The number of benzene rings is 2. The fraction of sp³-hybridized carbons (Fsp3) is 0.300. The van der Waals surface area contributed by atoms with E-state index in [1.165, 1.54) is 13.2 Å². The molecule has 2 N–H and O–H groups in total. The maximum atomic E-state index is 13.6. The van der Waals surface area contributed by atoms with Crippen LogP contribution in [0.25, 0.3) is 22.2 Å². The number of aromatic nitrogens is 6. The highest BCUT2D eigenvalue weighted by Crippen LogP contribution is 2.42. The molecule has 0 saturated heterocycles. The molecule has 0 amide bonds. The van der Waals surface area contributed by atoms with Gasteiger partial charge >= 0.3 is 0 Å². The Morgan fingerprint density at radius 2 is 1.78 bits per heavy atom. The molecule has 0 atom stereocenters. The summed E-state index contributed by atoms with van der Waals surface area (Å²) in [7, 11) is 6.12. The van der Waals surface area contributed by atoms with E-state index in [0.717, 1.165) is 5.56 Å². The number of nitro groups is 1. The number of anilines is 5. The van der Waals surface area contributed by atoms with Crippen molar-refractivity contribution in [1.82, 2.24) is 34.6 Å². The molecule has 5 aromatic rings. The van der Waals surface area contributed by atoms with Crippen LogP contribution in [-0.2, 0) is 11.6 Å². The van der Waals surface area contributed by atoms with E-state index in [0.29, 0.717) is 63.6 Å². The number of nitrogens with zero attached hydrogens (tertiary/aromatic N) is 9. The molecule has 5 rings (SSSR count). The number of hydrogen-bond donors (Lipinski definition) is 2. The van der Waals surface area contributed by atoms with Crippen molar-refractivity contribution in [3.05, 3.63) is 65.4 Å². The summed E-state index contributed by atoms with van der Waals surface area (Å²) in [6.07, 6.45) is 8.29. The fourth-order valence-corrected chi connectivity index (χ4v) is 6.36. The number of fused-ring (bicyclic) bond motifs is 1. The summed E-state index contributed by atoms with van der Waals surface area (Å²) >= 11 is 0. The molecule has 0 bridgehead atoms. The summed E-state index contributed by atoms with van der Waals surface area (Å²) in [6.45, 7) is 4.64. The van der Waals surface area contributed by atoms with Gasteiger partial charge in [-0.15, -0.1) is 0 Å². The Morgan fingerprint density at radius 3 is 2.43 bits per heavy atom. The largest absolute Gasteiger partial charge is 0.494 e. The Bertz CT molecular complexity index is 1960. The van der Waals surface area contributed by atoms with E-state index in [9.17, 15) is 14.7 Å². The van der Waals surface area contributed by atoms with Crippen LogP contribution >= 0.6 is 7.14 Å². The summed E-state index contributed by atoms with van der Waals surface area (Å²) < 4.78 is 20.9. The van der Waals surface area contributed by atoms with Gasteiger partial charge in [0.05, 0.1) is 40.4 Å². The summed E-state index contributed by atoms with van der Waals surface area (Å²) in [5.41, 5.74) is 3.70. The Labute approximate surface area is 266 Å². The highest BCUT2D eigenvalue weighted by molar-refractivity contribution is 7.71. The quantitative estimate of drug-likeness (QED) is 0.111. The molecule has 0 aliphatic carbocycles. The zero-order valence-corrected chi connectivity index (χ0v) is 27.6. The van der Waals surface area contributed by atoms with Gasteiger partial charge in [0.15, 0.2) is 0 Å². The number of methoxy groups -OCH3 is 1. The first-order valence-electron chi connectivity index (χ1n) is 14.3. The number of ether oxygens (including phenoxy) is 1. The lowest BCUT2D eigenvalue weighted by Crippen LogP contribution is -2.28. The van der Waals surface area contributed by atoms with E-state index in [1.54, 1.807) is 75.1 Å². The molecular formula is C30H36N11O4P. The highest BCUT2D eigenvalue weighted by atomic mass is 31.2. The maximum absolute atomic E-state index is 13.6. The Morgan fingerprint density at radius 1 is 1.02 bits per heavy atom. The number of aryl methyl sites for hydroxylation is 1. The second-order valence-corrected chi connectivity index (χ2v) is 14.5. The first-order chi connectivity index (χ1) is 21.8. The van der Waals surface area contributed by atoms with E-state index in [4.69, 9.17) is 9.72 Å². The lowest BCUT2D eigenvalue weighted by Gasteiger charge is -2.23. The van der Waals surface area contributed by atoms with Crippen LogP contribution in [-0.4, -0.2) is 94.2 Å². The molecule has 0 aliphatic rings. The normalized spacial score (nSPS) is 11.6. The van der Waals surface area contributed by atoms with Gasteiger partial charge in [-0.1, -0.05) is 0 Å². The molecule has 16 heteroatoms. The van der Waals surface area contributed by atoms with Crippen molar-refractivity contribution in [2.24, 2.45) is 7.05 Å². The minimum Gasteiger partial charge on any atom is -0.494 e. The molecule has 0 saturated carbocycles. The van der Waals surface area contributed by atoms with Crippen molar-refractivity contribution in [3.63, 3.8) is 0 Å². The monoisotopic (exact) mass is 645 g/mol. The topological polar surface area (TPSA) is 169 Å². The van der Waals surface area contributed by atoms with Gasteiger partial charge in [0.2, 0.25) is 5.95 Å². The first kappa shape index (κ1) is 32.3. The van der Waals surface area contributed by atoms with E-state index in [2.05, 4.69) is 30.7 Å². The smallest absolute Gasteiger partial charge is 0.294 e. The third-order valence-corrected chi connectivity index (χ3v) is 8.77. The molecule has 0 aliphatic heterocycles. The van der Waals surface area contributed by atoms with Crippen molar-refractivity contribution in [3.8, 4) is 16.9 Å². The van der Waals surface area contributed by atoms with E-state index in [-0.39, 0.29) is 11.6 Å². The lowest BCUT2D eigenvalue weighted by molar-refractivity contribution is -0.384. The lowest BCUT2D eigenvalue weighted by atomic mass is 10.1. The van der Waals surface area contributed by atoms with Crippen LogP contribution in [0, 0.1) is 10.1 Å². The fourth-order valence-electron chi connectivity index (χ4n) is 4.97. The minimum atomic E-state index is -2.86. The molecule has 46 heavy (non-hydrogen) atoms. The van der Waals surface area contributed by atoms with Crippen molar-refractivity contribution < 1.29 is 14.2 Å². The molecule has 0 radical (unpaired) electrons. The maximum Gasteiger partial charge on any atom is 0.294 e. The third-order valence-electron chi connectivity index (χ3n) is 7.24. The second-order valence-electron chi connectivity index (χ2n) is 11.4. The number of nitro benzene ring substituents is 1. The Hall–Kier alpha value is -5.14. The van der Waals surface area contributed by atoms with Gasteiger partial charge in [0.25, 0.3) is 5.69 Å². The van der Waals surface area contributed by atoms with Crippen LogP contribution in [0.3, 0.4) is 0 Å². The van der Waals surface area contributed by atoms with E-state index >= 15 is 0 Å². The summed E-state index contributed by atoms with van der Waals surface area (Å²) in [5.74, 6) is 0.909. The number of nitrogens with one attached hydrogen (secondary N) is 2. The van der Waals surface area contributed by atoms with Crippen molar-refractivity contribution in [2.75, 3.05) is 70.2 Å². The summed E-state index contributed by atoms with van der Waals surface area (Å²) in [5, 5.41) is 23.4. The molecule has 3 heterocycles. The van der Waals surface area contributed by atoms with Gasteiger partial charge in [0, 0.05) is 75.2 Å². The molecular weight excluding hydrogens is 609 g/mol. The van der Waals surface area contributed by atoms with Crippen LogP contribution in [0.4, 0.5) is 34.5 Å². The molecule has 0 unspecified atom stereocenters. The third kappa shape index (κ3) is 6.90. The molecule has 240 valence electrons. The first-order valence-corrected chi connectivity index (χ1v) is 16.9. The number of rotatable bonds is 12. The molecule has 15 nitrogen and oxygen atoms in total. The van der Waals surface area contributed by atoms with Crippen LogP contribution < -0.4 is 25.6 Å². The summed E-state index contributed by atoms with van der Waals surface area (Å²) in [4.78, 5) is 33.7. The van der Waals surface area contributed by atoms with Crippen molar-refractivity contribution in [1.29, 1.82) is 0 Å². The van der Waals surface area contributed by atoms with Crippen LogP contribution in [0.15, 0.2) is 55.2 Å². The van der Waals surface area contributed by atoms with Crippen LogP contribution in [0.1, 0.15) is 0 Å². The van der Waals surface area contributed by atoms with Crippen LogP contribution in [0.2, 0.25) is 0 Å². The van der Waals surface area contributed by atoms with Gasteiger partial charge in [0.1, 0.15) is 29.9 Å². The van der Waals surface area contributed by atoms with E-state index in [1.807, 2.05) is 30.1 Å². The van der Waals surface area contributed by atoms with Gasteiger partial charge in [-0.3, -0.25) is 24.8 Å². The summed E-state index contributed by atoms with van der Waals surface area (Å²) in [6, 6.07) is 6.64. The van der Waals surface area contributed by atoms with Gasteiger partial charge in [-0.2, -0.15) is 10.1 Å². The molecule has 0 fully saturated rings. The average Bonchev–Trinajstić information content (AvgIpc) is 3.44. The van der Waals surface area contributed by atoms with Gasteiger partial charge in [-0.25, -0.2) is 4.98 Å². The van der Waals surface area contributed by atoms with Gasteiger partial charge < -0.3 is 29.7 Å². The standard InChI is InChI=1S/C30H36N11O4P/c1-38(2)12-13-39(3)24-15-26(45-5)23(14-25(24)41(42)43)36-30-33-17-20(19-16-34-40(4)18-19)29(37-30)35-22-9-8-21-27(32-11-10-31-21)28(22)46(6,7)44/h8-11,14-18H,12-13H2,1-7H3,(H2,33,35,36,37). The second kappa shape index (κ2) is 13.1. The Kier molecular flexibility index (Phi) is 9.17. The predicted molar refractivity (Wildman–Crippen MR) is 181 cm³/mol. The highest BCUT2D eigenvalue weighted by Gasteiger charge is 2.25. The van der Waals surface area contributed by atoms with E-state index < -0.39 is 12.1 Å². The zero-order chi connectivity index (χ0) is 33.2. The van der Waals surface area contributed by atoms with Crippen molar-refractivity contribution >= 4 is 58.0 Å². The molecule has 0 spiro atoms. The Balaban J connectivity index is 1.59. The SMILES string of the molecule is COc1cc(N(C)CCN(C)C)c([N+](=O)[O-])cc1Nc1ncc(-c2cnn(C)c2)c(Nc2ccc3nccnc3c2P(C)(C)=O)n1. The number of likely N-dealkylation sites (N-methyl/N-ethyl adjacent to an activating group) is 2. The predicted octanol–water partition coefficient (Wildman–Crippen LogP) is 4.47. The average molecular weight is 646 g/mol. The van der Waals surface area contributed by atoms with Crippen LogP contribution in [0.5, 0.6) is 5.75 Å². The molecule has 2 aromatic carbocycles. The molecule has 3 aromatic heterocycles. The van der Waals surface area contributed by atoms with Crippen molar-refractivity contribution in [2.45, 2.75) is 0 Å². The minimum absolute atomic E-state index is 0.0987.